The normalized spacial score (nSPS) is 12.2. The molecule has 1 aromatic heterocycles. The maximum absolute atomic E-state index is 5.12. The number of aryl methyl sites for hydroxylation is 1. The first-order chi connectivity index (χ1) is 11.5. The number of aliphatic imine (C=N–C) groups is 1. The van der Waals surface area contributed by atoms with Crippen LogP contribution in [0.4, 0.5) is 0 Å². The molecule has 0 aliphatic carbocycles. The summed E-state index contributed by atoms with van der Waals surface area (Å²) in [7, 11) is 0. The van der Waals surface area contributed by atoms with Gasteiger partial charge in [0.1, 0.15) is 0 Å². The maximum atomic E-state index is 5.12. The molecule has 0 radical (unpaired) electrons. The van der Waals surface area contributed by atoms with Crippen molar-refractivity contribution >= 4 is 5.96 Å². The van der Waals surface area contributed by atoms with Crippen molar-refractivity contribution < 1.29 is 4.52 Å². The van der Waals surface area contributed by atoms with E-state index >= 15 is 0 Å². The Kier molecular flexibility index (Phi) is 6.35. The van der Waals surface area contributed by atoms with Gasteiger partial charge in [0.15, 0.2) is 11.8 Å². The molecule has 1 aromatic carbocycles. The summed E-state index contributed by atoms with van der Waals surface area (Å²) in [5, 5.41) is 10.4. The maximum Gasteiger partial charge on any atom is 0.228 e. The predicted molar refractivity (Wildman–Crippen MR) is 96.2 cm³/mol. The van der Waals surface area contributed by atoms with Gasteiger partial charge in [-0.3, -0.25) is 4.99 Å². The van der Waals surface area contributed by atoms with Crippen LogP contribution in [0.2, 0.25) is 0 Å². The van der Waals surface area contributed by atoms with Gasteiger partial charge in [-0.2, -0.15) is 4.98 Å². The van der Waals surface area contributed by atoms with Crippen LogP contribution in [0.25, 0.3) is 0 Å². The molecule has 2 rings (SSSR count). The Morgan fingerprint density at radius 2 is 1.96 bits per heavy atom. The molecule has 6 nitrogen and oxygen atoms in total. The number of hydrogen-bond donors (Lipinski definition) is 2. The summed E-state index contributed by atoms with van der Waals surface area (Å²) in [6.45, 7) is 10.5. The van der Waals surface area contributed by atoms with Crippen LogP contribution in [-0.2, 0) is 11.8 Å². The van der Waals surface area contributed by atoms with Gasteiger partial charge in [0.2, 0.25) is 5.89 Å². The van der Waals surface area contributed by atoms with Crippen molar-refractivity contribution in [2.24, 2.45) is 4.99 Å². The minimum Gasteiger partial charge on any atom is -0.357 e. The highest BCUT2D eigenvalue weighted by atomic mass is 16.5. The topological polar surface area (TPSA) is 75.3 Å². The van der Waals surface area contributed by atoms with Gasteiger partial charge in [0, 0.05) is 24.9 Å². The Bertz CT molecular complexity index is 648. The third kappa shape index (κ3) is 5.37. The Morgan fingerprint density at radius 1 is 1.21 bits per heavy atom. The number of hydrogen-bond acceptors (Lipinski definition) is 4. The third-order valence-electron chi connectivity index (χ3n) is 3.73. The van der Waals surface area contributed by atoms with E-state index in [1.165, 1.54) is 5.56 Å². The van der Waals surface area contributed by atoms with Crippen LogP contribution in [0.5, 0.6) is 0 Å². The first-order valence-corrected chi connectivity index (χ1v) is 8.38. The van der Waals surface area contributed by atoms with E-state index in [2.05, 4.69) is 65.8 Å². The molecular formula is C18H27N5O. The van der Waals surface area contributed by atoms with Crippen molar-refractivity contribution in [3.63, 3.8) is 0 Å². The molecule has 0 atom stereocenters. The van der Waals surface area contributed by atoms with Crippen LogP contribution in [-0.4, -0.2) is 35.7 Å². The molecule has 0 spiro atoms. The standard InChI is InChI=1S/C18H27N5O/c1-5-19-17(20-12-11-16-22-14(2)23-24-16)21-13-18(3,4)15-9-7-6-8-10-15/h6-10H,5,11-13H2,1-4H3,(H2,19,20,21). The summed E-state index contributed by atoms with van der Waals surface area (Å²) in [5.41, 5.74) is 1.26. The van der Waals surface area contributed by atoms with Crippen LogP contribution >= 0.6 is 0 Å². The van der Waals surface area contributed by atoms with Crippen molar-refractivity contribution in [3.8, 4) is 0 Å². The Balaban J connectivity index is 1.92. The van der Waals surface area contributed by atoms with E-state index in [4.69, 9.17) is 9.52 Å². The van der Waals surface area contributed by atoms with E-state index in [0.29, 0.717) is 31.2 Å². The second-order valence-corrected chi connectivity index (χ2v) is 6.36. The lowest BCUT2D eigenvalue weighted by atomic mass is 9.85. The molecule has 2 aromatic rings. The lowest BCUT2D eigenvalue weighted by Crippen LogP contribution is -2.39. The van der Waals surface area contributed by atoms with Crippen LogP contribution in [0.3, 0.4) is 0 Å². The van der Waals surface area contributed by atoms with Gasteiger partial charge < -0.3 is 15.2 Å². The lowest BCUT2D eigenvalue weighted by molar-refractivity contribution is 0.374. The van der Waals surface area contributed by atoms with Gasteiger partial charge in [0.05, 0.1) is 6.54 Å². The fraction of sp³-hybridized carbons (Fsp3) is 0.500. The van der Waals surface area contributed by atoms with Crippen molar-refractivity contribution in [1.82, 2.24) is 20.8 Å². The predicted octanol–water partition coefficient (Wildman–Crippen LogP) is 2.45. The summed E-state index contributed by atoms with van der Waals surface area (Å²) in [6.07, 6.45) is 0.674. The van der Waals surface area contributed by atoms with E-state index < -0.39 is 0 Å². The van der Waals surface area contributed by atoms with Crippen LogP contribution in [0.1, 0.15) is 38.0 Å². The highest BCUT2D eigenvalue weighted by molar-refractivity contribution is 5.79. The molecule has 0 aliphatic rings. The second kappa shape index (κ2) is 8.47. The van der Waals surface area contributed by atoms with Gasteiger partial charge in [-0.25, -0.2) is 0 Å². The lowest BCUT2D eigenvalue weighted by Gasteiger charge is -2.23. The van der Waals surface area contributed by atoms with Gasteiger partial charge in [-0.05, 0) is 19.4 Å². The molecule has 1 heterocycles. The zero-order valence-electron chi connectivity index (χ0n) is 15.0. The number of aromatic nitrogens is 2. The molecule has 0 amide bonds. The first-order valence-electron chi connectivity index (χ1n) is 8.38. The van der Waals surface area contributed by atoms with Crippen molar-refractivity contribution in [2.45, 2.75) is 39.5 Å². The van der Waals surface area contributed by atoms with E-state index in [1.807, 2.05) is 13.0 Å². The number of nitrogens with zero attached hydrogens (tertiary/aromatic N) is 3. The molecule has 0 bridgehead atoms. The monoisotopic (exact) mass is 329 g/mol. The molecule has 0 saturated heterocycles. The average molecular weight is 329 g/mol. The molecule has 2 N–H and O–H groups in total. The smallest absolute Gasteiger partial charge is 0.228 e. The summed E-state index contributed by atoms with van der Waals surface area (Å²) in [6, 6.07) is 10.5. The summed E-state index contributed by atoms with van der Waals surface area (Å²) in [5.74, 6) is 2.10. The van der Waals surface area contributed by atoms with Crippen LogP contribution < -0.4 is 10.6 Å². The van der Waals surface area contributed by atoms with E-state index in [-0.39, 0.29) is 5.41 Å². The number of benzene rings is 1. The zero-order chi connectivity index (χ0) is 17.4. The second-order valence-electron chi connectivity index (χ2n) is 6.36. The van der Waals surface area contributed by atoms with Crippen LogP contribution in [0.15, 0.2) is 39.8 Å². The summed E-state index contributed by atoms with van der Waals surface area (Å²) < 4.78 is 5.12. The van der Waals surface area contributed by atoms with Gasteiger partial charge in [-0.1, -0.05) is 49.3 Å². The molecule has 6 heteroatoms. The fourth-order valence-corrected chi connectivity index (χ4v) is 2.33. The molecule has 0 fully saturated rings. The molecule has 24 heavy (non-hydrogen) atoms. The molecular weight excluding hydrogens is 302 g/mol. The highest BCUT2D eigenvalue weighted by Gasteiger charge is 2.20. The quantitative estimate of drug-likeness (QED) is 0.603. The zero-order valence-corrected chi connectivity index (χ0v) is 15.0. The van der Waals surface area contributed by atoms with Crippen molar-refractivity contribution in [1.29, 1.82) is 0 Å². The highest BCUT2D eigenvalue weighted by Crippen LogP contribution is 2.22. The Hall–Kier alpha value is -2.37. The third-order valence-corrected chi connectivity index (χ3v) is 3.73. The largest absolute Gasteiger partial charge is 0.357 e. The first kappa shape index (κ1) is 18.0. The van der Waals surface area contributed by atoms with Gasteiger partial charge >= 0.3 is 0 Å². The van der Waals surface area contributed by atoms with E-state index in [9.17, 15) is 0 Å². The van der Waals surface area contributed by atoms with E-state index in [0.717, 1.165) is 12.5 Å². The number of nitrogens with one attached hydrogen (secondary N) is 2. The molecule has 130 valence electrons. The van der Waals surface area contributed by atoms with Gasteiger partial charge in [-0.15, -0.1) is 0 Å². The molecule has 0 saturated carbocycles. The SMILES string of the molecule is CCNC(=NCC(C)(C)c1ccccc1)NCCc1nc(C)no1. The minimum absolute atomic E-state index is 0.0206. The number of rotatable bonds is 7. The van der Waals surface area contributed by atoms with E-state index in [1.54, 1.807) is 0 Å². The minimum atomic E-state index is -0.0206. The van der Waals surface area contributed by atoms with Gasteiger partial charge in [0.25, 0.3) is 0 Å². The molecule has 0 aliphatic heterocycles. The number of guanidine groups is 1. The Labute approximate surface area is 143 Å². The Morgan fingerprint density at radius 3 is 2.58 bits per heavy atom. The summed E-state index contributed by atoms with van der Waals surface area (Å²) >= 11 is 0. The summed E-state index contributed by atoms with van der Waals surface area (Å²) in [4.78, 5) is 8.93. The van der Waals surface area contributed by atoms with Crippen LogP contribution in [0, 0.1) is 6.92 Å². The molecule has 0 unspecified atom stereocenters. The fourth-order valence-electron chi connectivity index (χ4n) is 2.33. The average Bonchev–Trinajstić information content (AvgIpc) is 2.99. The van der Waals surface area contributed by atoms with Crippen molar-refractivity contribution in [3.05, 3.63) is 47.6 Å². The van der Waals surface area contributed by atoms with Crippen molar-refractivity contribution in [2.75, 3.05) is 19.6 Å².